The van der Waals surface area contributed by atoms with E-state index < -0.39 is 25.8 Å². The molecule has 1 unspecified atom stereocenters. The van der Waals surface area contributed by atoms with E-state index in [1.165, 1.54) is 25.1 Å². The Morgan fingerprint density at radius 1 is 1.11 bits per heavy atom. The summed E-state index contributed by atoms with van der Waals surface area (Å²) in [6.45, 7) is 1.51. The quantitative estimate of drug-likeness (QED) is 0.868. The molecular weight excluding hydrogens is 276 g/mol. The van der Waals surface area contributed by atoms with Crippen molar-refractivity contribution in [2.24, 2.45) is 0 Å². The van der Waals surface area contributed by atoms with E-state index in [0.717, 1.165) is 12.5 Å². The minimum atomic E-state index is -3.68. The molecule has 5 nitrogen and oxygen atoms in total. The molecule has 18 heavy (non-hydrogen) atoms. The van der Waals surface area contributed by atoms with Crippen LogP contribution < -0.4 is 0 Å². The number of rotatable bonds is 4. The number of hydrogen-bond donors (Lipinski definition) is 1. The zero-order valence-corrected chi connectivity index (χ0v) is 12.0. The first-order valence-electron chi connectivity index (χ1n) is 5.23. The maximum absolute atomic E-state index is 11.8. The van der Waals surface area contributed by atoms with E-state index in [4.69, 9.17) is 0 Å². The van der Waals surface area contributed by atoms with Crippen molar-refractivity contribution in [3.8, 4) is 0 Å². The summed E-state index contributed by atoms with van der Waals surface area (Å²) in [4.78, 5) is -0.434. The molecule has 1 aromatic rings. The normalized spacial score (nSPS) is 14.4. The summed E-state index contributed by atoms with van der Waals surface area (Å²) in [7, 11) is -7.32. The number of hydrogen-bond acceptors (Lipinski definition) is 5. The summed E-state index contributed by atoms with van der Waals surface area (Å²) in [5, 5.41) is 9.35. The van der Waals surface area contributed by atoms with E-state index in [0.29, 0.717) is 5.56 Å². The standard InChI is InChI=1S/C11H16O5S2/c1-8(12)7-9-5-4-6-10(17(2,13)14)11(9)18(3,15)16/h4-6,8,12H,7H2,1-3H3. The van der Waals surface area contributed by atoms with E-state index in [-0.39, 0.29) is 16.2 Å². The van der Waals surface area contributed by atoms with E-state index in [1.807, 2.05) is 0 Å². The molecule has 0 spiro atoms. The van der Waals surface area contributed by atoms with Crippen molar-refractivity contribution in [2.45, 2.75) is 29.2 Å². The molecule has 0 aliphatic carbocycles. The molecule has 102 valence electrons. The van der Waals surface area contributed by atoms with Crippen LogP contribution in [0, 0.1) is 0 Å². The predicted octanol–water partition coefficient (Wildman–Crippen LogP) is 0.417. The molecule has 7 heteroatoms. The third-order valence-corrected chi connectivity index (χ3v) is 4.84. The molecule has 0 bridgehead atoms. The minimum absolute atomic E-state index is 0.0891. The van der Waals surface area contributed by atoms with E-state index >= 15 is 0 Å². The summed E-state index contributed by atoms with van der Waals surface area (Å²) in [6.07, 6.45) is 1.26. The van der Waals surface area contributed by atoms with Gasteiger partial charge in [0.05, 0.1) is 15.9 Å². The average molecular weight is 292 g/mol. The van der Waals surface area contributed by atoms with Crippen LogP contribution in [0.3, 0.4) is 0 Å². The molecule has 1 aromatic carbocycles. The Morgan fingerprint density at radius 3 is 2.06 bits per heavy atom. The van der Waals surface area contributed by atoms with Gasteiger partial charge < -0.3 is 5.11 Å². The Hall–Kier alpha value is -0.920. The summed E-state index contributed by atoms with van der Waals surface area (Å²) in [5.41, 5.74) is 0.315. The molecule has 1 rings (SSSR count). The molecular formula is C11H16O5S2. The molecule has 0 saturated carbocycles. The Balaban J connectivity index is 3.67. The second kappa shape index (κ2) is 4.99. The Bertz CT molecular complexity index is 642. The Kier molecular flexibility index (Phi) is 4.19. The van der Waals surface area contributed by atoms with Gasteiger partial charge in [-0.15, -0.1) is 0 Å². The van der Waals surface area contributed by atoms with Crippen LogP contribution in [-0.2, 0) is 26.1 Å². The van der Waals surface area contributed by atoms with Crippen molar-refractivity contribution in [3.63, 3.8) is 0 Å². The number of sulfone groups is 2. The first kappa shape index (κ1) is 15.1. The van der Waals surface area contributed by atoms with Gasteiger partial charge in [-0.2, -0.15) is 0 Å². The lowest BCUT2D eigenvalue weighted by molar-refractivity contribution is 0.194. The highest BCUT2D eigenvalue weighted by atomic mass is 32.2. The zero-order chi connectivity index (χ0) is 14.1. The fraction of sp³-hybridized carbons (Fsp3) is 0.455. The van der Waals surface area contributed by atoms with Crippen molar-refractivity contribution >= 4 is 19.7 Å². The summed E-state index contributed by atoms with van der Waals surface area (Å²) >= 11 is 0. The number of aliphatic hydroxyl groups is 1. The molecule has 0 heterocycles. The van der Waals surface area contributed by atoms with Gasteiger partial charge in [0.15, 0.2) is 19.7 Å². The fourth-order valence-electron chi connectivity index (χ4n) is 1.75. The minimum Gasteiger partial charge on any atom is -0.393 e. The predicted molar refractivity (Wildman–Crippen MR) is 68.0 cm³/mol. The maximum Gasteiger partial charge on any atom is 0.177 e. The zero-order valence-electron chi connectivity index (χ0n) is 10.4. The van der Waals surface area contributed by atoms with Gasteiger partial charge in [0, 0.05) is 12.5 Å². The molecule has 1 atom stereocenters. The molecule has 0 aliphatic rings. The Labute approximate surface area is 107 Å². The van der Waals surface area contributed by atoms with Crippen LogP contribution in [0.25, 0.3) is 0 Å². The van der Waals surface area contributed by atoms with Crippen molar-refractivity contribution in [1.29, 1.82) is 0 Å². The molecule has 0 fully saturated rings. The number of aliphatic hydroxyl groups excluding tert-OH is 1. The smallest absolute Gasteiger partial charge is 0.177 e. The lowest BCUT2D eigenvalue weighted by Gasteiger charge is -2.13. The average Bonchev–Trinajstić information content (AvgIpc) is 2.13. The topological polar surface area (TPSA) is 88.5 Å². The van der Waals surface area contributed by atoms with E-state index in [1.54, 1.807) is 0 Å². The molecule has 1 N–H and O–H groups in total. The van der Waals surface area contributed by atoms with Crippen LogP contribution in [0.15, 0.2) is 28.0 Å². The van der Waals surface area contributed by atoms with Crippen LogP contribution in [0.2, 0.25) is 0 Å². The molecule has 0 saturated heterocycles. The van der Waals surface area contributed by atoms with Gasteiger partial charge in [-0.05, 0) is 25.0 Å². The molecule has 0 radical (unpaired) electrons. The Morgan fingerprint density at radius 2 is 1.67 bits per heavy atom. The van der Waals surface area contributed by atoms with E-state index in [2.05, 4.69) is 0 Å². The van der Waals surface area contributed by atoms with Crippen molar-refractivity contribution < 1.29 is 21.9 Å². The summed E-state index contributed by atoms with van der Waals surface area (Å²) in [6, 6.07) is 4.25. The van der Waals surface area contributed by atoms with Crippen molar-refractivity contribution in [1.82, 2.24) is 0 Å². The second-order valence-electron chi connectivity index (χ2n) is 4.34. The lowest BCUT2D eigenvalue weighted by atomic mass is 10.1. The van der Waals surface area contributed by atoms with Gasteiger partial charge in [0.2, 0.25) is 0 Å². The van der Waals surface area contributed by atoms with Gasteiger partial charge in [-0.3, -0.25) is 0 Å². The SMILES string of the molecule is CC(O)Cc1cccc(S(C)(=O)=O)c1S(C)(=O)=O. The highest BCUT2D eigenvalue weighted by molar-refractivity contribution is 7.93. The third-order valence-electron chi connectivity index (χ3n) is 2.35. The summed E-state index contributed by atoms with van der Waals surface area (Å²) in [5.74, 6) is 0. The highest BCUT2D eigenvalue weighted by Gasteiger charge is 2.24. The van der Waals surface area contributed by atoms with Crippen LogP contribution in [-0.4, -0.2) is 40.6 Å². The first-order chi connectivity index (χ1) is 8.03. The van der Waals surface area contributed by atoms with Crippen LogP contribution in [0.5, 0.6) is 0 Å². The van der Waals surface area contributed by atoms with Crippen LogP contribution >= 0.6 is 0 Å². The fourth-order valence-corrected chi connectivity index (χ4v) is 4.52. The molecule has 0 aromatic heterocycles. The third kappa shape index (κ3) is 3.54. The van der Waals surface area contributed by atoms with Gasteiger partial charge in [0.25, 0.3) is 0 Å². The monoisotopic (exact) mass is 292 g/mol. The van der Waals surface area contributed by atoms with Crippen LogP contribution in [0.4, 0.5) is 0 Å². The van der Waals surface area contributed by atoms with E-state index in [9.17, 15) is 21.9 Å². The van der Waals surface area contributed by atoms with Gasteiger partial charge in [-0.1, -0.05) is 12.1 Å². The molecule has 0 aliphatic heterocycles. The largest absolute Gasteiger partial charge is 0.393 e. The highest BCUT2D eigenvalue weighted by Crippen LogP contribution is 2.26. The number of benzene rings is 1. The van der Waals surface area contributed by atoms with Gasteiger partial charge >= 0.3 is 0 Å². The van der Waals surface area contributed by atoms with Gasteiger partial charge in [0.1, 0.15) is 0 Å². The maximum atomic E-state index is 11.8. The lowest BCUT2D eigenvalue weighted by Crippen LogP contribution is -2.14. The first-order valence-corrected chi connectivity index (χ1v) is 9.02. The van der Waals surface area contributed by atoms with Gasteiger partial charge in [-0.25, -0.2) is 16.8 Å². The summed E-state index contributed by atoms with van der Waals surface area (Å²) < 4.78 is 46.7. The molecule has 0 amide bonds. The second-order valence-corrected chi connectivity index (χ2v) is 8.28. The van der Waals surface area contributed by atoms with Crippen molar-refractivity contribution in [2.75, 3.05) is 12.5 Å². The van der Waals surface area contributed by atoms with Crippen LogP contribution in [0.1, 0.15) is 12.5 Å². The van der Waals surface area contributed by atoms with Crippen molar-refractivity contribution in [3.05, 3.63) is 23.8 Å².